The summed E-state index contributed by atoms with van der Waals surface area (Å²) in [7, 11) is 1.60. The SMILES string of the molecule is CCOC(=O)c1ccc(/N=N/c2ccc(N3CCOc4cc(C)ccc4N4CCOCCOCCN(CCOCCOCC4)c4ccc(C)cc4OCC3)c(OCCOC)c2)c([N+](=O)[O-])c1. The first kappa shape index (κ1) is 49.4. The minimum Gasteiger partial charge on any atom is -0.490 e. The Morgan fingerprint density at radius 1 is 0.636 bits per heavy atom. The zero-order valence-electron chi connectivity index (χ0n) is 38.4. The minimum absolute atomic E-state index is 0.0291. The number of methoxy groups -OCH3 is 1. The van der Waals surface area contributed by atoms with Crippen LogP contribution in [0.25, 0.3) is 0 Å². The predicted molar refractivity (Wildman–Crippen MR) is 250 cm³/mol. The number of benzene rings is 4. The lowest BCUT2D eigenvalue weighted by atomic mass is 10.2. The Morgan fingerprint density at radius 2 is 1.15 bits per heavy atom. The Labute approximate surface area is 386 Å². The van der Waals surface area contributed by atoms with Crippen molar-refractivity contribution in [3.63, 3.8) is 0 Å². The van der Waals surface area contributed by atoms with Gasteiger partial charge < -0.3 is 57.3 Å². The highest BCUT2D eigenvalue weighted by molar-refractivity contribution is 5.91. The van der Waals surface area contributed by atoms with Crippen molar-refractivity contribution in [2.75, 3.05) is 147 Å². The number of carbonyl (C=O) groups excluding carboxylic acids is 1. The first-order valence-electron chi connectivity index (χ1n) is 22.4. The Hall–Kier alpha value is -6.05. The molecule has 0 saturated carbocycles. The van der Waals surface area contributed by atoms with Gasteiger partial charge in [-0.2, -0.15) is 5.11 Å². The highest BCUT2D eigenvalue weighted by atomic mass is 16.6. The molecular weight excluding hydrogens is 853 g/mol. The third-order valence-electron chi connectivity index (χ3n) is 10.7. The van der Waals surface area contributed by atoms with E-state index in [0.29, 0.717) is 123 Å². The molecule has 4 aromatic carbocycles. The highest BCUT2D eigenvalue weighted by Crippen LogP contribution is 2.37. The van der Waals surface area contributed by atoms with Crippen molar-refractivity contribution in [2.45, 2.75) is 20.8 Å². The van der Waals surface area contributed by atoms with E-state index in [4.69, 9.17) is 42.6 Å². The molecule has 18 heteroatoms. The average molecular weight is 915 g/mol. The lowest BCUT2D eigenvalue weighted by Gasteiger charge is -2.29. The van der Waals surface area contributed by atoms with Gasteiger partial charge in [-0.15, -0.1) is 5.11 Å². The van der Waals surface area contributed by atoms with Crippen molar-refractivity contribution in [1.29, 1.82) is 0 Å². The predicted octanol–water partition coefficient (Wildman–Crippen LogP) is 7.50. The second-order valence-electron chi connectivity index (χ2n) is 15.4. The fraction of sp³-hybridized carbons (Fsp3) is 0.479. The number of azo groups is 1. The average Bonchev–Trinajstić information content (AvgIpc) is 3.30. The van der Waals surface area contributed by atoms with Crippen LogP contribution in [-0.4, -0.2) is 143 Å². The van der Waals surface area contributed by atoms with Crippen molar-refractivity contribution in [3.8, 4) is 17.2 Å². The lowest BCUT2D eigenvalue weighted by molar-refractivity contribution is -0.384. The van der Waals surface area contributed by atoms with Crippen LogP contribution < -0.4 is 28.9 Å². The fourth-order valence-corrected chi connectivity index (χ4v) is 7.31. The molecule has 0 amide bonds. The Balaban J connectivity index is 1.36. The van der Waals surface area contributed by atoms with Crippen LogP contribution in [0, 0.1) is 24.0 Å². The normalized spacial score (nSPS) is 16.4. The highest BCUT2D eigenvalue weighted by Gasteiger charge is 2.21. The summed E-state index contributed by atoms with van der Waals surface area (Å²) in [5, 5.41) is 20.6. The summed E-state index contributed by atoms with van der Waals surface area (Å²) in [4.78, 5) is 30.3. The molecular formula is C48H62N6O12. The summed E-state index contributed by atoms with van der Waals surface area (Å²) < 4.78 is 54.3. The van der Waals surface area contributed by atoms with Crippen LogP contribution in [-0.2, 0) is 28.4 Å². The van der Waals surface area contributed by atoms with Gasteiger partial charge in [0.2, 0.25) is 0 Å². The van der Waals surface area contributed by atoms with Crippen molar-refractivity contribution in [1.82, 2.24) is 0 Å². The Kier molecular flexibility index (Phi) is 19.6. The Bertz CT molecular complexity index is 2110. The molecule has 0 atom stereocenters. The van der Waals surface area contributed by atoms with E-state index in [-0.39, 0.29) is 30.2 Å². The van der Waals surface area contributed by atoms with E-state index >= 15 is 0 Å². The third-order valence-corrected chi connectivity index (χ3v) is 10.7. The van der Waals surface area contributed by atoms with Crippen LogP contribution in [0.3, 0.4) is 0 Å². The molecule has 3 aliphatic rings. The van der Waals surface area contributed by atoms with Gasteiger partial charge in [0.25, 0.3) is 5.69 Å². The quantitative estimate of drug-likeness (QED) is 0.0381. The van der Waals surface area contributed by atoms with Crippen LogP contribution in [0.4, 0.5) is 34.1 Å². The minimum atomic E-state index is -0.668. The first-order valence-corrected chi connectivity index (χ1v) is 22.4. The van der Waals surface area contributed by atoms with Gasteiger partial charge >= 0.3 is 5.97 Å². The molecule has 1 saturated heterocycles. The maximum atomic E-state index is 12.3. The summed E-state index contributed by atoms with van der Waals surface area (Å²) in [5.74, 6) is 1.28. The van der Waals surface area contributed by atoms with Gasteiger partial charge in [0.05, 0.1) is 112 Å². The summed E-state index contributed by atoms with van der Waals surface area (Å²) in [6.07, 6.45) is 0. The largest absolute Gasteiger partial charge is 0.490 e. The molecule has 3 heterocycles. The first-order chi connectivity index (χ1) is 32.2. The number of hydrogen-bond donors (Lipinski definition) is 0. The van der Waals surface area contributed by atoms with Gasteiger partial charge in [-0.1, -0.05) is 12.1 Å². The van der Waals surface area contributed by atoms with Crippen molar-refractivity contribution in [3.05, 3.63) is 99.6 Å². The molecule has 356 valence electrons. The van der Waals surface area contributed by atoms with Crippen molar-refractivity contribution >= 4 is 40.1 Å². The van der Waals surface area contributed by atoms with E-state index in [1.807, 2.05) is 32.0 Å². The number of ether oxygens (including phenoxy) is 9. The van der Waals surface area contributed by atoms with Crippen molar-refractivity contribution in [2.24, 2.45) is 10.2 Å². The second kappa shape index (κ2) is 26.2. The molecule has 7 rings (SSSR count). The number of nitro groups is 1. The molecule has 3 aliphatic heterocycles. The lowest BCUT2D eigenvalue weighted by Crippen LogP contribution is -2.34. The number of hydrogen-bond acceptors (Lipinski definition) is 17. The molecule has 0 spiro atoms. The maximum Gasteiger partial charge on any atom is 0.338 e. The molecule has 0 unspecified atom stereocenters. The number of nitro benzene ring substituents is 1. The van der Waals surface area contributed by atoms with E-state index in [9.17, 15) is 14.9 Å². The number of aryl methyl sites for hydroxylation is 2. The molecule has 18 nitrogen and oxygen atoms in total. The van der Waals surface area contributed by atoms with Crippen LogP contribution in [0.2, 0.25) is 0 Å². The van der Waals surface area contributed by atoms with Gasteiger partial charge in [0, 0.05) is 45.4 Å². The van der Waals surface area contributed by atoms with Gasteiger partial charge in [-0.25, -0.2) is 4.79 Å². The number of fused-ring (bicyclic) bond motifs is 20. The summed E-state index contributed by atoms with van der Waals surface area (Å²) in [6.45, 7) is 14.2. The molecule has 0 N–H and O–H groups in total. The molecule has 4 aromatic rings. The van der Waals surface area contributed by atoms with Gasteiger partial charge in [0.15, 0.2) is 5.69 Å². The number of rotatable bonds is 10. The van der Waals surface area contributed by atoms with Crippen LogP contribution >= 0.6 is 0 Å². The topological polar surface area (TPSA) is 178 Å². The van der Waals surface area contributed by atoms with Gasteiger partial charge in [-0.3, -0.25) is 10.1 Å². The Morgan fingerprint density at radius 3 is 1.67 bits per heavy atom. The van der Waals surface area contributed by atoms with E-state index in [2.05, 4.69) is 49.2 Å². The fourth-order valence-electron chi connectivity index (χ4n) is 7.31. The zero-order valence-corrected chi connectivity index (χ0v) is 38.4. The number of nitrogens with zero attached hydrogens (tertiary/aromatic N) is 6. The summed E-state index contributed by atoms with van der Waals surface area (Å²) in [6, 6.07) is 21.7. The molecule has 66 heavy (non-hydrogen) atoms. The van der Waals surface area contributed by atoms with Crippen LogP contribution in [0.15, 0.2) is 83.0 Å². The number of anilines is 3. The van der Waals surface area contributed by atoms with E-state index in [1.165, 1.54) is 12.1 Å². The van der Waals surface area contributed by atoms with Gasteiger partial charge in [-0.05, 0) is 80.4 Å². The standard InChI is InChI=1S/C48H62N6O12/c1-5-63-48(55)38-8-10-40(44(34-38)54(56)57)50-49-39-9-13-43(47(35-39)66-31-26-58-4)53-18-24-64-45-32-36(2)6-11-41(45)51-14-20-59-27-29-61-22-16-52(17-23-62-30-28-60-21-15-51)42-12-7-37(3)33-46(42)65-25-19-53/h6-13,32-35H,5,14-31H2,1-4H3/b50-49+. The smallest absolute Gasteiger partial charge is 0.338 e. The van der Waals surface area contributed by atoms with E-state index < -0.39 is 10.9 Å². The summed E-state index contributed by atoms with van der Waals surface area (Å²) >= 11 is 0. The third kappa shape index (κ3) is 14.7. The van der Waals surface area contributed by atoms with Gasteiger partial charge in [0.1, 0.15) is 37.1 Å². The van der Waals surface area contributed by atoms with E-state index in [1.54, 1.807) is 26.2 Å². The molecule has 0 aromatic heterocycles. The number of esters is 1. The van der Waals surface area contributed by atoms with E-state index in [0.717, 1.165) is 45.8 Å². The molecule has 0 radical (unpaired) electrons. The number of carbonyl (C=O) groups is 1. The summed E-state index contributed by atoms with van der Waals surface area (Å²) in [5.41, 5.74) is 4.71. The molecule has 2 bridgehead atoms. The molecule has 1 fully saturated rings. The van der Waals surface area contributed by atoms with Crippen molar-refractivity contribution < 1.29 is 52.3 Å². The van der Waals surface area contributed by atoms with Crippen LogP contribution in [0.1, 0.15) is 28.4 Å². The molecule has 0 aliphatic carbocycles. The monoisotopic (exact) mass is 914 g/mol. The zero-order chi connectivity index (χ0) is 46.5. The second-order valence-corrected chi connectivity index (χ2v) is 15.4. The maximum absolute atomic E-state index is 12.3. The van der Waals surface area contributed by atoms with Crippen LogP contribution in [0.5, 0.6) is 17.2 Å².